The fraction of sp³-hybridized carbons (Fsp3) is 0.500. The highest BCUT2D eigenvalue weighted by atomic mass is 19.1. The van der Waals surface area contributed by atoms with Crippen LogP contribution in [0.3, 0.4) is 0 Å². The summed E-state index contributed by atoms with van der Waals surface area (Å²) in [5.74, 6) is 1.41. The Balaban J connectivity index is 1.45. The predicted molar refractivity (Wildman–Crippen MR) is 76.3 cm³/mol. The lowest BCUT2D eigenvalue weighted by atomic mass is 9.96. The molecule has 21 heavy (non-hydrogen) atoms. The molecule has 0 N–H and O–H groups in total. The molecule has 1 aliphatic carbocycles. The highest BCUT2D eigenvalue weighted by Crippen LogP contribution is 2.34. The molecule has 5 heteroatoms. The van der Waals surface area contributed by atoms with Crippen LogP contribution in [0, 0.1) is 5.82 Å². The van der Waals surface area contributed by atoms with Crippen LogP contribution in [0.4, 0.5) is 4.39 Å². The quantitative estimate of drug-likeness (QED) is 0.869. The number of likely N-dealkylation sites (tertiary alicyclic amines) is 1. The smallest absolute Gasteiger partial charge is 0.257 e. The summed E-state index contributed by atoms with van der Waals surface area (Å²) in [7, 11) is 0. The van der Waals surface area contributed by atoms with E-state index < -0.39 is 0 Å². The Morgan fingerprint density at radius 3 is 2.43 bits per heavy atom. The molecule has 1 aromatic carbocycles. The number of rotatable bonds is 3. The van der Waals surface area contributed by atoms with Gasteiger partial charge < -0.3 is 9.42 Å². The fourth-order valence-electron chi connectivity index (χ4n) is 3.07. The molecule has 2 aromatic rings. The predicted octanol–water partition coefficient (Wildman–Crippen LogP) is 3.22. The number of piperidine rings is 1. The number of hydrogen-bond donors (Lipinski definition) is 0. The third-order valence-electron chi connectivity index (χ3n) is 4.49. The van der Waals surface area contributed by atoms with Gasteiger partial charge in [0.05, 0.1) is 0 Å². The zero-order valence-corrected chi connectivity index (χ0v) is 11.8. The first-order chi connectivity index (χ1) is 10.3. The van der Waals surface area contributed by atoms with E-state index in [4.69, 9.17) is 4.52 Å². The van der Waals surface area contributed by atoms with Gasteiger partial charge >= 0.3 is 0 Å². The minimum atomic E-state index is -0.258. The molecule has 2 heterocycles. The van der Waals surface area contributed by atoms with E-state index in [1.165, 1.54) is 25.0 Å². The molecule has 0 unspecified atom stereocenters. The Morgan fingerprint density at radius 1 is 1.05 bits per heavy atom. The normalized spacial score (nSPS) is 20.8. The van der Waals surface area contributed by atoms with E-state index in [9.17, 15) is 4.39 Å². The van der Waals surface area contributed by atoms with Gasteiger partial charge in [-0.2, -0.15) is 4.98 Å². The number of benzene rings is 1. The lowest BCUT2D eigenvalue weighted by Gasteiger charge is -2.30. The molecule has 1 aliphatic heterocycles. The second kappa shape index (κ2) is 5.22. The zero-order valence-electron chi connectivity index (χ0n) is 11.8. The summed E-state index contributed by atoms with van der Waals surface area (Å²) in [4.78, 5) is 7.08. The van der Waals surface area contributed by atoms with Crippen LogP contribution in [0.15, 0.2) is 28.8 Å². The third-order valence-corrected chi connectivity index (χ3v) is 4.49. The summed E-state index contributed by atoms with van der Waals surface area (Å²) >= 11 is 0. The Bertz CT molecular complexity index is 613. The van der Waals surface area contributed by atoms with Crippen LogP contribution in [-0.4, -0.2) is 34.2 Å². The maximum absolute atomic E-state index is 12.9. The van der Waals surface area contributed by atoms with Gasteiger partial charge in [-0.25, -0.2) is 4.39 Å². The molecule has 0 spiro atoms. The van der Waals surface area contributed by atoms with E-state index in [-0.39, 0.29) is 5.82 Å². The molecule has 1 aromatic heterocycles. The van der Waals surface area contributed by atoms with Gasteiger partial charge in [0.25, 0.3) is 5.89 Å². The maximum atomic E-state index is 12.9. The molecule has 4 rings (SSSR count). The molecule has 2 aliphatic rings. The van der Waals surface area contributed by atoms with Gasteiger partial charge in [0, 0.05) is 17.5 Å². The van der Waals surface area contributed by atoms with Crippen molar-refractivity contribution in [1.29, 1.82) is 0 Å². The minimum absolute atomic E-state index is 0.258. The molecule has 4 nitrogen and oxygen atoms in total. The highest BCUT2D eigenvalue weighted by Gasteiger charge is 2.33. The van der Waals surface area contributed by atoms with Gasteiger partial charge in [0.15, 0.2) is 5.82 Å². The van der Waals surface area contributed by atoms with E-state index in [1.807, 2.05) is 0 Å². The Morgan fingerprint density at radius 2 is 1.76 bits per heavy atom. The molecule has 0 atom stereocenters. The van der Waals surface area contributed by atoms with Gasteiger partial charge in [-0.1, -0.05) is 5.16 Å². The van der Waals surface area contributed by atoms with E-state index in [0.717, 1.165) is 43.4 Å². The van der Waals surface area contributed by atoms with Crippen LogP contribution in [-0.2, 0) is 0 Å². The molecule has 1 saturated carbocycles. The molecule has 0 amide bonds. The average molecular weight is 287 g/mol. The van der Waals surface area contributed by atoms with Crippen molar-refractivity contribution >= 4 is 0 Å². The molecular weight excluding hydrogens is 269 g/mol. The zero-order chi connectivity index (χ0) is 14.2. The molecular formula is C16H18FN3O. The number of nitrogens with zero attached hydrogens (tertiary/aromatic N) is 3. The van der Waals surface area contributed by atoms with E-state index >= 15 is 0 Å². The fourth-order valence-corrected chi connectivity index (χ4v) is 3.07. The summed E-state index contributed by atoms with van der Waals surface area (Å²) < 4.78 is 18.3. The standard InChI is InChI=1S/C16H18FN3O/c17-13-3-1-12(2-4-13)16-18-15(19-21-16)11-7-9-20(10-8-11)14-5-6-14/h1-4,11,14H,5-10H2. The third kappa shape index (κ3) is 2.70. The van der Waals surface area contributed by atoms with Crippen molar-refractivity contribution in [3.63, 3.8) is 0 Å². The second-order valence-electron chi connectivity index (χ2n) is 6.01. The van der Waals surface area contributed by atoms with Crippen molar-refractivity contribution in [2.75, 3.05) is 13.1 Å². The van der Waals surface area contributed by atoms with Gasteiger partial charge in [-0.15, -0.1) is 0 Å². The summed E-state index contributed by atoms with van der Waals surface area (Å²) in [6.45, 7) is 2.27. The molecule has 110 valence electrons. The summed E-state index contributed by atoms with van der Waals surface area (Å²) in [5.41, 5.74) is 0.769. The molecule has 1 saturated heterocycles. The number of aromatic nitrogens is 2. The van der Waals surface area contributed by atoms with Crippen LogP contribution in [0.25, 0.3) is 11.5 Å². The maximum Gasteiger partial charge on any atom is 0.257 e. The first kappa shape index (κ1) is 13.0. The van der Waals surface area contributed by atoms with Crippen molar-refractivity contribution in [3.05, 3.63) is 35.9 Å². The van der Waals surface area contributed by atoms with Crippen molar-refractivity contribution in [3.8, 4) is 11.5 Å². The van der Waals surface area contributed by atoms with Crippen molar-refractivity contribution in [2.45, 2.75) is 37.6 Å². The van der Waals surface area contributed by atoms with Crippen molar-refractivity contribution < 1.29 is 8.91 Å². The SMILES string of the molecule is Fc1ccc(-c2nc(C3CCN(C4CC4)CC3)no2)cc1. The molecule has 0 radical (unpaired) electrons. The summed E-state index contributed by atoms with van der Waals surface area (Å²) in [5, 5.41) is 4.13. The second-order valence-corrected chi connectivity index (χ2v) is 6.01. The lowest BCUT2D eigenvalue weighted by Crippen LogP contribution is -2.34. The van der Waals surface area contributed by atoms with Crippen LogP contribution in [0.1, 0.15) is 37.4 Å². The minimum Gasteiger partial charge on any atom is -0.334 e. The first-order valence-electron chi connectivity index (χ1n) is 7.63. The van der Waals surface area contributed by atoms with E-state index in [1.54, 1.807) is 12.1 Å². The Labute approximate surface area is 123 Å². The van der Waals surface area contributed by atoms with Gasteiger partial charge in [0.2, 0.25) is 0 Å². The summed E-state index contributed by atoms with van der Waals surface area (Å²) in [6, 6.07) is 7.00. The number of halogens is 1. The van der Waals surface area contributed by atoms with Gasteiger partial charge in [-0.05, 0) is 63.0 Å². The van der Waals surface area contributed by atoms with Gasteiger partial charge in [0.1, 0.15) is 5.82 Å². The first-order valence-corrected chi connectivity index (χ1v) is 7.63. The Hall–Kier alpha value is -1.75. The average Bonchev–Trinajstić information content (AvgIpc) is 3.26. The van der Waals surface area contributed by atoms with Crippen LogP contribution in [0.2, 0.25) is 0 Å². The van der Waals surface area contributed by atoms with Gasteiger partial charge in [-0.3, -0.25) is 0 Å². The van der Waals surface area contributed by atoms with Crippen molar-refractivity contribution in [2.24, 2.45) is 0 Å². The van der Waals surface area contributed by atoms with E-state index in [2.05, 4.69) is 15.0 Å². The Kier molecular flexibility index (Phi) is 3.22. The summed E-state index contributed by atoms with van der Waals surface area (Å²) in [6.07, 6.45) is 4.92. The molecule has 2 fully saturated rings. The highest BCUT2D eigenvalue weighted by molar-refractivity contribution is 5.52. The monoisotopic (exact) mass is 287 g/mol. The van der Waals surface area contributed by atoms with Crippen LogP contribution >= 0.6 is 0 Å². The van der Waals surface area contributed by atoms with Crippen LogP contribution < -0.4 is 0 Å². The lowest BCUT2D eigenvalue weighted by molar-refractivity contribution is 0.199. The van der Waals surface area contributed by atoms with Crippen molar-refractivity contribution in [1.82, 2.24) is 15.0 Å². The van der Waals surface area contributed by atoms with Crippen LogP contribution in [0.5, 0.6) is 0 Å². The largest absolute Gasteiger partial charge is 0.334 e. The van der Waals surface area contributed by atoms with E-state index in [0.29, 0.717) is 11.8 Å². The molecule has 0 bridgehead atoms. The number of hydrogen-bond acceptors (Lipinski definition) is 4. The topological polar surface area (TPSA) is 42.2 Å².